The van der Waals surface area contributed by atoms with E-state index in [-0.39, 0.29) is 58.8 Å². The SMILES string of the molecule is CCOC(=O)[C@H](C)OP(=O)(CNC(=O)c1c2c(c(O)c3ncccc13)C(=O)N(Cc1ccc(F)cc1)C2)Oc1ccccc1. The average molecular weight is 622 g/mol. The van der Waals surface area contributed by atoms with E-state index in [2.05, 4.69) is 10.3 Å². The van der Waals surface area contributed by atoms with Gasteiger partial charge in [0.05, 0.1) is 17.7 Å². The number of pyridine rings is 1. The number of para-hydroxylation sites is 1. The lowest BCUT2D eigenvalue weighted by molar-refractivity contribution is -0.150. The summed E-state index contributed by atoms with van der Waals surface area (Å²) in [6, 6.07) is 16.9. The molecule has 2 heterocycles. The number of hydrogen-bond donors (Lipinski definition) is 2. The molecule has 11 nitrogen and oxygen atoms in total. The monoisotopic (exact) mass is 621 g/mol. The Labute approximate surface area is 252 Å². The van der Waals surface area contributed by atoms with Crippen molar-refractivity contribution in [1.29, 1.82) is 0 Å². The van der Waals surface area contributed by atoms with Gasteiger partial charge in [0.25, 0.3) is 11.8 Å². The van der Waals surface area contributed by atoms with Crippen molar-refractivity contribution in [2.75, 3.05) is 12.9 Å². The van der Waals surface area contributed by atoms with Crippen LogP contribution in [0, 0.1) is 5.82 Å². The Morgan fingerprint density at radius 1 is 1.11 bits per heavy atom. The van der Waals surface area contributed by atoms with Crippen LogP contribution in [-0.4, -0.2) is 51.8 Å². The summed E-state index contributed by atoms with van der Waals surface area (Å²) in [6.45, 7) is 3.11. The topological polar surface area (TPSA) is 144 Å². The molecule has 3 aromatic carbocycles. The molecule has 0 saturated carbocycles. The largest absolute Gasteiger partial charge is 0.505 e. The molecular weight excluding hydrogens is 592 g/mol. The second-order valence-corrected chi connectivity index (χ2v) is 11.9. The van der Waals surface area contributed by atoms with Crippen molar-refractivity contribution in [3.8, 4) is 11.5 Å². The van der Waals surface area contributed by atoms with Crippen molar-refractivity contribution in [2.45, 2.75) is 33.0 Å². The molecule has 0 fully saturated rings. The van der Waals surface area contributed by atoms with Crippen molar-refractivity contribution in [2.24, 2.45) is 0 Å². The van der Waals surface area contributed by atoms with E-state index in [4.69, 9.17) is 13.8 Å². The van der Waals surface area contributed by atoms with E-state index in [0.717, 1.165) is 0 Å². The van der Waals surface area contributed by atoms with Gasteiger partial charge in [-0.3, -0.25) is 19.1 Å². The number of fused-ring (bicyclic) bond motifs is 2. The lowest BCUT2D eigenvalue weighted by Gasteiger charge is -2.23. The summed E-state index contributed by atoms with van der Waals surface area (Å²) in [5.41, 5.74) is 0.879. The van der Waals surface area contributed by atoms with Crippen LogP contribution in [0.5, 0.6) is 11.5 Å². The Balaban J connectivity index is 1.47. The van der Waals surface area contributed by atoms with Gasteiger partial charge in [0, 0.05) is 30.2 Å². The van der Waals surface area contributed by atoms with Crippen LogP contribution < -0.4 is 9.84 Å². The lowest BCUT2D eigenvalue weighted by Crippen LogP contribution is -2.30. The van der Waals surface area contributed by atoms with Gasteiger partial charge in [-0.05, 0) is 49.7 Å². The highest BCUT2D eigenvalue weighted by atomic mass is 31.2. The molecule has 0 saturated heterocycles. The molecule has 0 bridgehead atoms. The summed E-state index contributed by atoms with van der Waals surface area (Å²) in [4.78, 5) is 45.2. The predicted octanol–water partition coefficient (Wildman–Crippen LogP) is 5.16. The molecule has 1 aromatic heterocycles. The molecule has 0 aliphatic carbocycles. The fourth-order valence-corrected chi connectivity index (χ4v) is 6.41. The van der Waals surface area contributed by atoms with Gasteiger partial charge in [0.2, 0.25) is 0 Å². The molecule has 1 aliphatic rings. The Morgan fingerprint density at radius 2 is 1.84 bits per heavy atom. The number of phenols is 1. The van der Waals surface area contributed by atoms with Gasteiger partial charge in [0.1, 0.15) is 23.4 Å². The molecule has 2 atom stereocenters. The van der Waals surface area contributed by atoms with Crippen LogP contribution in [0.4, 0.5) is 4.39 Å². The van der Waals surface area contributed by atoms with Crippen LogP contribution in [0.15, 0.2) is 72.9 Å². The van der Waals surface area contributed by atoms with E-state index in [1.165, 1.54) is 30.2 Å². The Kier molecular flexibility index (Phi) is 8.93. The maximum absolute atomic E-state index is 13.9. The quantitative estimate of drug-likeness (QED) is 0.171. The number of halogens is 1. The summed E-state index contributed by atoms with van der Waals surface area (Å²) in [6.07, 6.45) is -0.505. The number of carbonyl (C=O) groups excluding carboxylic acids is 3. The van der Waals surface area contributed by atoms with E-state index in [0.29, 0.717) is 5.56 Å². The van der Waals surface area contributed by atoms with Crippen molar-refractivity contribution >= 4 is 36.3 Å². The van der Waals surface area contributed by atoms with Crippen molar-refractivity contribution < 1.29 is 42.2 Å². The van der Waals surface area contributed by atoms with Gasteiger partial charge in [-0.2, -0.15) is 0 Å². The minimum atomic E-state index is -4.22. The van der Waals surface area contributed by atoms with E-state index in [1.807, 2.05) is 0 Å². The fraction of sp³-hybridized carbons (Fsp3) is 0.226. The summed E-state index contributed by atoms with van der Waals surface area (Å²) in [5, 5.41) is 13.9. The number of esters is 1. The molecule has 228 valence electrons. The number of nitrogens with zero attached hydrogens (tertiary/aromatic N) is 2. The smallest absolute Gasteiger partial charge is 0.399 e. The zero-order valence-electron chi connectivity index (χ0n) is 23.9. The molecule has 1 aliphatic heterocycles. The summed E-state index contributed by atoms with van der Waals surface area (Å²) < 4.78 is 43.5. The third-order valence-corrected chi connectivity index (χ3v) is 8.54. The summed E-state index contributed by atoms with van der Waals surface area (Å²) in [7, 11) is -4.22. The number of benzene rings is 3. The molecule has 44 heavy (non-hydrogen) atoms. The van der Waals surface area contributed by atoms with E-state index in [1.54, 1.807) is 61.5 Å². The number of aromatic nitrogens is 1. The zero-order chi connectivity index (χ0) is 31.4. The van der Waals surface area contributed by atoms with Gasteiger partial charge in [-0.1, -0.05) is 36.4 Å². The number of rotatable bonds is 11. The van der Waals surface area contributed by atoms with Crippen LogP contribution >= 0.6 is 7.60 Å². The first kappa shape index (κ1) is 30.7. The number of hydrogen-bond acceptors (Lipinski definition) is 9. The van der Waals surface area contributed by atoms with Gasteiger partial charge in [-0.25, -0.2) is 13.8 Å². The van der Waals surface area contributed by atoms with Crippen LogP contribution in [0.25, 0.3) is 10.9 Å². The Bertz CT molecular complexity index is 1770. The van der Waals surface area contributed by atoms with Crippen LogP contribution in [0.1, 0.15) is 45.7 Å². The molecule has 13 heteroatoms. The first-order valence-corrected chi connectivity index (χ1v) is 15.5. The van der Waals surface area contributed by atoms with E-state index >= 15 is 0 Å². The second-order valence-electron chi connectivity index (χ2n) is 9.94. The van der Waals surface area contributed by atoms with Crippen molar-refractivity contribution in [1.82, 2.24) is 15.2 Å². The number of ether oxygens (including phenoxy) is 1. The normalized spacial score (nSPS) is 14.5. The average Bonchev–Trinajstić information content (AvgIpc) is 3.33. The summed E-state index contributed by atoms with van der Waals surface area (Å²) in [5.74, 6) is -2.64. The third-order valence-electron chi connectivity index (χ3n) is 6.86. The Hall–Kier alpha value is -4.80. The molecule has 4 aromatic rings. The standard InChI is InChI=1S/C31H29FN3O8P/c1-3-41-31(39)19(2)42-44(40,43-22-8-5-4-6-9-22)18-34-29(37)25-23-10-7-15-33-27(23)28(36)26-24(25)17-35(30(26)38)16-20-11-13-21(32)14-12-20/h4-15,19,36H,3,16-18H2,1-2H3,(H,34,37)/t19-,44?/m0/s1. The number of phenolic OH excluding ortho intramolecular Hbond substituents is 1. The minimum Gasteiger partial charge on any atom is -0.505 e. The van der Waals surface area contributed by atoms with Crippen molar-refractivity contribution in [3.63, 3.8) is 0 Å². The molecule has 5 rings (SSSR count). The highest BCUT2D eigenvalue weighted by Gasteiger charge is 2.38. The van der Waals surface area contributed by atoms with Gasteiger partial charge in [0.15, 0.2) is 11.9 Å². The molecule has 0 radical (unpaired) electrons. The third kappa shape index (κ3) is 6.41. The Morgan fingerprint density at radius 3 is 2.55 bits per heavy atom. The van der Waals surface area contributed by atoms with Crippen molar-refractivity contribution in [3.05, 3.63) is 101 Å². The first-order valence-electron chi connectivity index (χ1n) is 13.7. The minimum absolute atomic E-state index is 0.0317. The summed E-state index contributed by atoms with van der Waals surface area (Å²) >= 11 is 0. The van der Waals surface area contributed by atoms with E-state index < -0.39 is 43.6 Å². The fourth-order valence-electron chi connectivity index (χ4n) is 4.88. The van der Waals surface area contributed by atoms with Crippen LogP contribution in [0.2, 0.25) is 0 Å². The highest BCUT2D eigenvalue weighted by molar-refractivity contribution is 7.54. The highest BCUT2D eigenvalue weighted by Crippen LogP contribution is 2.49. The van der Waals surface area contributed by atoms with Gasteiger partial charge in [-0.15, -0.1) is 0 Å². The van der Waals surface area contributed by atoms with Gasteiger partial charge < -0.3 is 24.6 Å². The molecular formula is C31H29FN3O8P. The number of amides is 2. The lowest BCUT2D eigenvalue weighted by atomic mass is 9.96. The number of nitrogens with one attached hydrogen (secondary N) is 1. The van der Waals surface area contributed by atoms with Crippen LogP contribution in [0.3, 0.4) is 0 Å². The number of aromatic hydroxyl groups is 1. The molecule has 1 unspecified atom stereocenters. The van der Waals surface area contributed by atoms with E-state index in [9.17, 15) is 28.4 Å². The molecule has 0 spiro atoms. The zero-order valence-corrected chi connectivity index (χ0v) is 24.8. The second kappa shape index (κ2) is 12.8. The maximum Gasteiger partial charge on any atom is 0.399 e. The maximum atomic E-state index is 13.9. The van der Waals surface area contributed by atoms with Crippen LogP contribution in [-0.2, 0) is 31.7 Å². The molecule has 2 N–H and O–H groups in total. The predicted molar refractivity (Wildman–Crippen MR) is 158 cm³/mol. The number of carbonyl (C=O) groups is 3. The van der Waals surface area contributed by atoms with Gasteiger partial charge >= 0.3 is 13.6 Å². The molecule has 2 amide bonds. The first-order chi connectivity index (χ1) is 21.1.